The molecule has 2 heterocycles. The Labute approximate surface area is 190 Å². The van der Waals surface area contributed by atoms with Crippen LogP contribution in [0, 0.1) is 11.6 Å². The lowest BCUT2D eigenvalue weighted by Crippen LogP contribution is -2.31. The van der Waals surface area contributed by atoms with Gasteiger partial charge in [0.1, 0.15) is 23.1 Å². The Morgan fingerprint density at radius 1 is 0.939 bits per heavy atom. The Hall–Kier alpha value is -3.84. The first kappa shape index (κ1) is 21.0. The second-order valence-corrected chi connectivity index (χ2v) is 7.94. The van der Waals surface area contributed by atoms with Crippen molar-refractivity contribution in [2.24, 2.45) is 0 Å². The molecule has 1 aromatic heterocycles. The van der Waals surface area contributed by atoms with Crippen molar-refractivity contribution in [1.82, 2.24) is 14.9 Å². The van der Waals surface area contributed by atoms with E-state index in [2.05, 4.69) is 32.3 Å². The van der Waals surface area contributed by atoms with Gasteiger partial charge in [0.05, 0.1) is 11.4 Å². The third-order valence-electron chi connectivity index (χ3n) is 5.47. The topological polar surface area (TPSA) is 50.3 Å². The average molecular weight is 444 g/mol. The molecule has 4 aromatic rings. The quantitative estimate of drug-likeness (QED) is 0.404. The van der Waals surface area contributed by atoms with Gasteiger partial charge in [0.25, 0.3) is 0 Å². The zero-order valence-electron chi connectivity index (χ0n) is 17.8. The van der Waals surface area contributed by atoms with Gasteiger partial charge in [-0.2, -0.15) is 0 Å². The number of anilines is 2. The molecule has 0 aliphatic carbocycles. The lowest BCUT2D eigenvalue weighted by atomic mass is 10.1. The third kappa shape index (κ3) is 5.15. The number of hydrogen-bond donors (Lipinski definition) is 1. The van der Waals surface area contributed by atoms with Crippen LogP contribution in [-0.2, 0) is 19.5 Å². The molecule has 33 heavy (non-hydrogen) atoms. The normalized spacial score (nSPS) is 13.4. The molecule has 0 unspecified atom stereocenters. The summed E-state index contributed by atoms with van der Waals surface area (Å²) in [6.07, 6.45) is 2.53. The lowest BCUT2D eigenvalue weighted by molar-refractivity contribution is 0.243. The molecule has 0 saturated heterocycles. The van der Waals surface area contributed by atoms with Crippen LogP contribution in [0.1, 0.15) is 16.8 Å². The summed E-state index contributed by atoms with van der Waals surface area (Å²) in [5.41, 5.74) is 3.29. The molecular weight excluding hydrogens is 422 g/mol. The van der Waals surface area contributed by atoms with Crippen LogP contribution in [0.15, 0.2) is 79.0 Å². The highest BCUT2D eigenvalue weighted by atomic mass is 19.1. The van der Waals surface area contributed by atoms with E-state index in [9.17, 15) is 8.78 Å². The smallest absolute Gasteiger partial charge is 0.227 e. The van der Waals surface area contributed by atoms with Gasteiger partial charge in [-0.1, -0.05) is 30.3 Å². The summed E-state index contributed by atoms with van der Waals surface area (Å²) < 4.78 is 33.0. The predicted molar refractivity (Wildman–Crippen MR) is 122 cm³/mol. The number of ether oxygens (including phenoxy) is 1. The van der Waals surface area contributed by atoms with Crippen LogP contribution in [0.4, 0.5) is 20.4 Å². The van der Waals surface area contributed by atoms with E-state index in [1.54, 1.807) is 6.20 Å². The molecule has 5 rings (SSSR count). The maximum atomic E-state index is 13.9. The molecule has 0 spiro atoms. The number of para-hydroxylation sites is 1. The maximum absolute atomic E-state index is 13.9. The molecular formula is C26H22F2N4O. The number of aromatic nitrogens is 2. The fraction of sp³-hybridized carbons (Fsp3) is 0.154. The monoisotopic (exact) mass is 444 g/mol. The van der Waals surface area contributed by atoms with Crippen LogP contribution in [0.25, 0.3) is 0 Å². The van der Waals surface area contributed by atoms with E-state index < -0.39 is 11.6 Å². The van der Waals surface area contributed by atoms with Crippen molar-refractivity contribution in [2.75, 3.05) is 11.9 Å². The van der Waals surface area contributed by atoms with Crippen LogP contribution < -0.4 is 10.1 Å². The summed E-state index contributed by atoms with van der Waals surface area (Å²) in [6.45, 7) is 2.36. The fourth-order valence-electron chi connectivity index (χ4n) is 3.87. The summed E-state index contributed by atoms with van der Waals surface area (Å²) in [5.74, 6) is 0.618. The van der Waals surface area contributed by atoms with Gasteiger partial charge < -0.3 is 10.1 Å². The van der Waals surface area contributed by atoms with E-state index in [4.69, 9.17) is 4.74 Å². The van der Waals surface area contributed by atoms with Crippen molar-refractivity contribution in [1.29, 1.82) is 0 Å². The van der Waals surface area contributed by atoms with Crippen molar-refractivity contribution in [2.45, 2.75) is 19.5 Å². The van der Waals surface area contributed by atoms with Crippen LogP contribution >= 0.6 is 0 Å². The summed E-state index contributed by atoms with van der Waals surface area (Å²) in [5, 5.41) is 2.84. The molecule has 0 amide bonds. The highest BCUT2D eigenvalue weighted by Gasteiger charge is 2.19. The van der Waals surface area contributed by atoms with Gasteiger partial charge in [0.2, 0.25) is 5.95 Å². The average Bonchev–Trinajstić information content (AvgIpc) is 2.82. The van der Waals surface area contributed by atoms with Crippen molar-refractivity contribution >= 4 is 11.6 Å². The van der Waals surface area contributed by atoms with Gasteiger partial charge in [-0.25, -0.2) is 18.7 Å². The number of rotatable bonds is 6. The number of fused-ring (bicyclic) bond motifs is 1. The van der Waals surface area contributed by atoms with Crippen molar-refractivity contribution in [3.8, 4) is 11.5 Å². The first-order chi connectivity index (χ1) is 16.1. The van der Waals surface area contributed by atoms with Crippen LogP contribution in [0.2, 0.25) is 0 Å². The summed E-state index contributed by atoms with van der Waals surface area (Å²) >= 11 is 0. The molecule has 1 aliphatic heterocycles. The first-order valence-corrected chi connectivity index (χ1v) is 10.7. The maximum Gasteiger partial charge on any atom is 0.227 e. The molecule has 1 aliphatic rings. The van der Waals surface area contributed by atoms with E-state index in [1.807, 2.05) is 42.5 Å². The summed E-state index contributed by atoms with van der Waals surface area (Å²) in [6, 6.07) is 21.2. The van der Waals surface area contributed by atoms with Gasteiger partial charge in [-0.15, -0.1) is 0 Å². The molecule has 0 bridgehead atoms. The molecule has 0 radical (unpaired) electrons. The fourth-order valence-corrected chi connectivity index (χ4v) is 3.87. The number of benzene rings is 3. The van der Waals surface area contributed by atoms with Crippen LogP contribution in [0.5, 0.6) is 11.5 Å². The highest BCUT2D eigenvalue weighted by molar-refractivity contribution is 5.54. The van der Waals surface area contributed by atoms with Gasteiger partial charge in [0, 0.05) is 43.9 Å². The molecule has 5 nitrogen and oxygen atoms in total. The van der Waals surface area contributed by atoms with Crippen LogP contribution in [0.3, 0.4) is 0 Å². The molecule has 0 atom stereocenters. The van der Waals surface area contributed by atoms with Gasteiger partial charge in [0.15, 0.2) is 0 Å². The molecule has 0 fully saturated rings. The number of nitrogens with zero attached hydrogens (tertiary/aromatic N) is 3. The Morgan fingerprint density at radius 3 is 2.64 bits per heavy atom. The minimum absolute atomic E-state index is 0.145. The predicted octanol–water partition coefficient (Wildman–Crippen LogP) is 5.85. The third-order valence-corrected chi connectivity index (χ3v) is 5.47. The van der Waals surface area contributed by atoms with E-state index in [1.165, 1.54) is 12.1 Å². The number of hydrogen-bond acceptors (Lipinski definition) is 5. The second kappa shape index (κ2) is 9.34. The van der Waals surface area contributed by atoms with E-state index in [-0.39, 0.29) is 5.69 Å². The van der Waals surface area contributed by atoms with Gasteiger partial charge in [-0.3, -0.25) is 4.90 Å². The summed E-state index contributed by atoms with van der Waals surface area (Å²) in [4.78, 5) is 11.2. The molecule has 166 valence electrons. The zero-order chi connectivity index (χ0) is 22.6. The van der Waals surface area contributed by atoms with Crippen molar-refractivity contribution in [3.05, 3.63) is 107 Å². The van der Waals surface area contributed by atoms with Crippen LogP contribution in [-0.4, -0.2) is 21.4 Å². The molecule has 7 heteroatoms. The van der Waals surface area contributed by atoms with E-state index in [0.717, 1.165) is 60.4 Å². The zero-order valence-corrected chi connectivity index (χ0v) is 17.8. The first-order valence-electron chi connectivity index (χ1n) is 10.7. The minimum Gasteiger partial charge on any atom is -0.457 e. The molecule has 3 aromatic carbocycles. The molecule has 1 N–H and O–H groups in total. The second-order valence-electron chi connectivity index (χ2n) is 7.94. The largest absolute Gasteiger partial charge is 0.457 e. The Kier molecular flexibility index (Phi) is 5.95. The Balaban J connectivity index is 1.24. The Bertz CT molecular complexity index is 1270. The highest BCUT2D eigenvalue weighted by Crippen LogP contribution is 2.25. The Morgan fingerprint density at radius 2 is 1.79 bits per heavy atom. The number of nitrogens with one attached hydrogen (secondary N) is 1. The standard InChI is InChI=1S/C26H22F2N4O/c27-20-9-10-25(23(28)14-20)31-26-29-15-19-17-32(12-11-24(19)30-26)16-18-5-4-8-22(13-18)33-21-6-2-1-3-7-21/h1-10,13-15H,11-12,16-17H2,(H,29,30,31). The lowest BCUT2D eigenvalue weighted by Gasteiger charge is -2.28. The van der Waals surface area contributed by atoms with E-state index in [0.29, 0.717) is 5.95 Å². The van der Waals surface area contributed by atoms with Gasteiger partial charge in [-0.05, 0) is 42.0 Å². The minimum atomic E-state index is -0.680. The summed E-state index contributed by atoms with van der Waals surface area (Å²) in [7, 11) is 0. The van der Waals surface area contributed by atoms with E-state index >= 15 is 0 Å². The SMILES string of the molecule is Fc1ccc(Nc2ncc3c(n2)CCN(Cc2cccc(Oc4ccccc4)c2)C3)c(F)c1. The molecule has 0 saturated carbocycles. The van der Waals surface area contributed by atoms with Crippen molar-refractivity contribution < 1.29 is 13.5 Å². The number of halogens is 2. The van der Waals surface area contributed by atoms with Crippen molar-refractivity contribution in [3.63, 3.8) is 0 Å². The van der Waals surface area contributed by atoms with Gasteiger partial charge >= 0.3 is 0 Å².